The lowest BCUT2D eigenvalue weighted by Crippen LogP contribution is -2.36. The van der Waals surface area contributed by atoms with Crippen molar-refractivity contribution < 1.29 is 9.47 Å². The minimum Gasteiger partial charge on any atom is -0.490 e. The quantitative estimate of drug-likeness (QED) is 0.905. The first-order chi connectivity index (χ1) is 10.3. The summed E-state index contributed by atoms with van der Waals surface area (Å²) in [6, 6.07) is 6.51. The van der Waals surface area contributed by atoms with Crippen molar-refractivity contribution in [2.45, 2.75) is 31.7 Å². The average molecular weight is 290 g/mol. The molecule has 21 heavy (non-hydrogen) atoms. The topological polar surface area (TPSA) is 47.7 Å². The lowest BCUT2D eigenvalue weighted by atomic mass is 9.84. The summed E-state index contributed by atoms with van der Waals surface area (Å²) >= 11 is 0. The zero-order valence-electron chi connectivity index (χ0n) is 12.9. The standard InChI is InChI=1S/C17H26N2O2/c1-19(12-13-4-2-5-13)15(11-18)14-6-7-16-17(10-14)21-9-3-8-20-16/h6-7,10,13,15H,2-5,8-9,11-12,18H2,1H3. The minimum atomic E-state index is 0.253. The molecule has 1 aromatic carbocycles. The number of fused-ring (bicyclic) bond motifs is 1. The van der Waals surface area contributed by atoms with Crippen molar-refractivity contribution in [1.29, 1.82) is 0 Å². The van der Waals surface area contributed by atoms with E-state index in [2.05, 4.69) is 24.1 Å². The fourth-order valence-electron chi connectivity index (χ4n) is 3.17. The number of nitrogens with two attached hydrogens (primary N) is 1. The van der Waals surface area contributed by atoms with Crippen LogP contribution in [0, 0.1) is 5.92 Å². The molecule has 0 spiro atoms. The summed E-state index contributed by atoms with van der Waals surface area (Å²) in [5.74, 6) is 2.57. The molecule has 1 aliphatic carbocycles. The normalized spacial score (nSPS) is 20.0. The van der Waals surface area contributed by atoms with Crippen molar-refractivity contribution in [3.63, 3.8) is 0 Å². The lowest BCUT2D eigenvalue weighted by molar-refractivity contribution is 0.164. The van der Waals surface area contributed by atoms with Gasteiger partial charge >= 0.3 is 0 Å². The zero-order valence-corrected chi connectivity index (χ0v) is 12.9. The molecule has 0 bridgehead atoms. The van der Waals surface area contributed by atoms with Crippen LogP contribution in [0.2, 0.25) is 0 Å². The highest BCUT2D eigenvalue weighted by atomic mass is 16.5. The molecule has 1 fully saturated rings. The molecular formula is C17H26N2O2. The van der Waals surface area contributed by atoms with E-state index in [1.807, 2.05) is 6.07 Å². The first-order valence-corrected chi connectivity index (χ1v) is 8.08. The van der Waals surface area contributed by atoms with Crippen LogP contribution in [0.15, 0.2) is 18.2 Å². The number of nitrogens with zero attached hydrogens (tertiary/aromatic N) is 1. The number of hydrogen-bond acceptors (Lipinski definition) is 4. The maximum absolute atomic E-state index is 6.03. The highest BCUT2D eigenvalue weighted by Gasteiger charge is 2.24. The highest BCUT2D eigenvalue weighted by molar-refractivity contribution is 5.44. The maximum Gasteiger partial charge on any atom is 0.161 e. The third kappa shape index (κ3) is 3.33. The Labute approximate surface area is 127 Å². The second-order valence-corrected chi connectivity index (χ2v) is 6.24. The maximum atomic E-state index is 6.03. The first kappa shape index (κ1) is 14.7. The van der Waals surface area contributed by atoms with Crippen molar-refractivity contribution in [3.8, 4) is 11.5 Å². The van der Waals surface area contributed by atoms with Gasteiger partial charge in [-0.3, -0.25) is 4.90 Å². The smallest absolute Gasteiger partial charge is 0.161 e. The third-order valence-electron chi connectivity index (χ3n) is 4.68. The van der Waals surface area contributed by atoms with E-state index in [4.69, 9.17) is 15.2 Å². The van der Waals surface area contributed by atoms with Crippen molar-refractivity contribution in [1.82, 2.24) is 4.90 Å². The summed E-state index contributed by atoms with van der Waals surface area (Å²) in [5, 5.41) is 0. The highest BCUT2D eigenvalue weighted by Crippen LogP contribution is 2.34. The third-order valence-corrected chi connectivity index (χ3v) is 4.68. The van der Waals surface area contributed by atoms with Crippen molar-refractivity contribution in [2.75, 3.05) is 33.4 Å². The van der Waals surface area contributed by atoms with Gasteiger partial charge in [0, 0.05) is 25.6 Å². The number of ether oxygens (including phenoxy) is 2. The van der Waals surface area contributed by atoms with Gasteiger partial charge in [0.15, 0.2) is 11.5 Å². The molecule has 116 valence electrons. The Balaban J connectivity index is 1.74. The van der Waals surface area contributed by atoms with Crippen LogP contribution in [-0.2, 0) is 0 Å². The molecule has 1 saturated carbocycles. The summed E-state index contributed by atoms with van der Waals surface area (Å²) in [6.45, 7) is 3.22. The molecule has 0 saturated heterocycles. The number of hydrogen-bond donors (Lipinski definition) is 1. The van der Waals surface area contributed by atoms with Gasteiger partial charge in [0.2, 0.25) is 0 Å². The van der Waals surface area contributed by atoms with Gasteiger partial charge in [-0.25, -0.2) is 0 Å². The van der Waals surface area contributed by atoms with Crippen molar-refractivity contribution >= 4 is 0 Å². The van der Waals surface area contributed by atoms with Crippen LogP contribution in [0.3, 0.4) is 0 Å². The van der Waals surface area contributed by atoms with Gasteiger partial charge in [-0.1, -0.05) is 12.5 Å². The van der Waals surface area contributed by atoms with Crippen molar-refractivity contribution in [2.24, 2.45) is 11.7 Å². The van der Waals surface area contributed by atoms with Gasteiger partial charge in [0.25, 0.3) is 0 Å². The minimum absolute atomic E-state index is 0.253. The Bertz CT molecular complexity index is 474. The molecule has 0 radical (unpaired) electrons. The van der Waals surface area contributed by atoms with E-state index in [1.54, 1.807) is 0 Å². The summed E-state index contributed by atoms with van der Waals surface area (Å²) < 4.78 is 11.5. The zero-order chi connectivity index (χ0) is 14.7. The van der Waals surface area contributed by atoms with Crippen LogP contribution in [0.25, 0.3) is 0 Å². The molecule has 4 nitrogen and oxygen atoms in total. The van der Waals surface area contributed by atoms with Crippen LogP contribution in [0.1, 0.15) is 37.3 Å². The fourth-order valence-corrected chi connectivity index (χ4v) is 3.17. The van der Waals surface area contributed by atoms with E-state index in [0.717, 1.165) is 43.6 Å². The van der Waals surface area contributed by atoms with Crippen molar-refractivity contribution in [3.05, 3.63) is 23.8 Å². The van der Waals surface area contributed by atoms with Gasteiger partial charge < -0.3 is 15.2 Å². The van der Waals surface area contributed by atoms with E-state index in [-0.39, 0.29) is 6.04 Å². The Hall–Kier alpha value is -1.26. The molecule has 2 aliphatic rings. The van der Waals surface area contributed by atoms with Gasteiger partial charge in [0.05, 0.1) is 13.2 Å². The fraction of sp³-hybridized carbons (Fsp3) is 0.647. The van der Waals surface area contributed by atoms with Crippen LogP contribution in [-0.4, -0.2) is 38.3 Å². The summed E-state index contributed by atoms with van der Waals surface area (Å²) in [7, 11) is 2.18. The molecule has 3 rings (SSSR count). The van der Waals surface area contributed by atoms with E-state index < -0.39 is 0 Å². The Morgan fingerprint density at radius 3 is 2.62 bits per heavy atom. The van der Waals surface area contributed by atoms with Gasteiger partial charge in [-0.15, -0.1) is 0 Å². The summed E-state index contributed by atoms with van der Waals surface area (Å²) in [6.07, 6.45) is 5.05. The summed E-state index contributed by atoms with van der Waals surface area (Å²) in [5.41, 5.74) is 7.26. The molecule has 1 atom stereocenters. The van der Waals surface area contributed by atoms with Gasteiger partial charge in [-0.05, 0) is 43.5 Å². The van der Waals surface area contributed by atoms with Crippen LogP contribution in [0.4, 0.5) is 0 Å². The average Bonchev–Trinajstić information content (AvgIpc) is 2.68. The largest absolute Gasteiger partial charge is 0.490 e. The SMILES string of the molecule is CN(CC1CCC1)C(CN)c1ccc2c(c1)OCCCO2. The molecule has 0 amide bonds. The molecule has 2 N–H and O–H groups in total. The van der Waals surface area contributed by atoms with Gasteiger partial charge in [0.1, 0.15) is 0 Å². The van der Waals surface area contributed by atoms with E-state index in [0.29, 0.717) is 6.54 Å². The number of likely N-dealkylation sites (N-methyl/N-ethyl adjacent to an activating group) is 1. The molecule has 4 heteroatoms. The lowest BCUT2D eigenvalue weighted by Gasteiger charge is -2.34. The second-order valence-electron chi connectivity index (χ2n) is 6.24. The molecular weight excluding hydrogens is 264 g/mol. The number of rotatable bonds is 5. The van der Waals surface area contributed by atoms with Crippen LogP contribution >= 0.6 is 0 Å². The van der Waals surface area contributed by atoms with Gasteiger partial charge in [-0.2, -0.15) is 0 Å². The predicted octanol–water partition coefficient (Wildman–Crippen LogP) is 2.58. The Morgan fingerprint density at radius 1 is 1.19 bits per heavy atom. The van der Waals surface area contributed by atoms with E-state index >= 15 is 0 Å². The molecule has 1 aliphatic heterocycles. The monoisotopic (exact) mass is 290 g/mol. The molecule has 1 unspecified atom stereocenters. The first-order valence-electron chi connectivity index (χ1n) is 8.08. The predicted molar refractivity (Wildman–Crippen MR) is 83.8 cm³/mol. The number of benzene rings is 1. The Morgan fingerprint density at radius 2 is 1.95 bits per heavy atom. The summed E-state index contributed by atoms with van der Waals surface area (Å²) in [4.78, 5) is 2.39. The van der Waals surface area contributed by atoms with E-state index in [1.165, 1.54) is 24.8 Å². The van der Waals surface area contributed by atoms with Crippen LogP contribution in [0.5, 0.6) is 11.5 Å². The second kappa shape index (κ2) is 6.67. The molecule has 1 aromatic rings. The van der Waals surface area contributed by atoms with E-state index in [9.17, 15) is 0 Å². The molecule has 1 heterocycles. The molecule has 0 aromatic heterocycles. The van der Waals surface area contributed by atoms with Crippen LogP contribution < -0.4 is 15.2 Å². The Kier molecular flexibility index (Phi) is 4.66.